The van der Waals surface area contributed by atoms with Crippen LogP contribution >= 0.6 is 0 Å². The minimum absolute atomic E-state index is 0.0408. The van der Waals surface area contributed by atoms with Crippen LogP contribution in [-0.2, 0) is 14.3 Å². The van der Waals surface area contributed by atoms with E-state index in [0.717, 1.165) is 38.5 Å². The summed E-state index contributed by atoms with van der Waals surface area (Å²) in [5, 5.41) is 41.1. The van der Waals surface area contributed by atoms with Crippen LogP contribution in [-0.4, -0.2) is 45.1 Å². The lowest BCUT2D eigenvalue weighted by Gasteiger charge is -2.71. The number of carboxylic acid groups (broad SMARTS) is 1. The van der Waals surface area contributed by atoms with Gasteiger partial charge in [0, 0.05) is 11.5 Å². The van der Waals surface area contributed by atoms with Crippen molar-refractivity contribution in [1.82, 2.24) is 0 Å². The van der Waals surface area contributed by atoms with Crippen LogP contribution in [0, 0.1) is 50.2 Å². The van der Waals surface area contributed by atoms with Gasteiger partial charge in [0.25, 0.3) is 0 Å². The van der Waals surface area contributed by atoms with Crippen LogP contribution < -0.4 is 0 Å². The molecule has 4 saturated carbocycles. The van der Waals surface area contributed by atoms with Crippen molar-refractivity contribution < 1.29 is 34.8 Å². The van der Waals surface area contributed by atoms with Crippen molar-refractivity contribution in [3.05, 3.63) is 41.5 Å². The van der Waals surface area contributed by atoms with Gasteiger partial charge in [0.15, 0.2) is 11.5 Å². The summed E-state index contributed by atoms with van der Waals surface area (Å²) in [5.74, 6) is -0.825. The van der Waals surface area contributed by atoms with E-state index in [1.807, 2.05) is 0 Å². The molecule has 6 rings (SSSR count). The Labute approximate surface area is 274 Å². The van der Waals surface area contributed by atoms with Crippen molar-refractivity contribution in [2.45, 2.75) is 112 Å². The van der Waals surface area contributed by atoms with Gasteiger partial charge in [-0.05, 0) is 127 Å². The number of rotatable bonds is 5. The van der Waals surface area contributed by atoms with Crippen LogP contribution in [0.4, 0.5) is 0 Å². The number of allylic oxidation sites excluding steroid dienone is 2. The molecule has 4 fully saturated rings. The highest BCUT2D eigenvalue weighted by Crippen LogP contribution is 2.75. The Morgan fingerprint density at radius 3 is 2.33 bits per heavy atom. The van der Waals surface area contributed by atoms with Gasteiger partial charge in [0.2, 0.25) is 0 Å². The van der Waals surface area contributed by atoms with E-state index in [2.05, 4.69) is 47.6 Å². The number of aliphatic hydroxyl groups excluding tert-OH is 1. The molecule has 0 spiro atoms. The highest BCUT2D eigenvalue weighted by Gasteiger charge is 2.69. The average molecular weight is 635 g/mol. The number of fused-ring (bicyclic) bond motifs is 7. The van der Waals surface area contributed by atoms with Crippen molar-refractivity contribution in [2.75, 3.05) is 6.61 Å². The first-order valence-corrected chi connectivity index (χ1v) is 17.4. The minimum Gasteiger partial charge on any atom is -0.504 e. The number of hydrogen-bond donors (Lipinski definition) is 4. The molecule has 0 bridgehead atoms. The van der Waals surface area contributed by atoms with Crippen molar-refractivity contribution in [3.63, 3.8) is 0 Å². The molecule has 5 aliphatic carbocycles. The molecule has 4 N–H and O–H groups in total. The molecule has 7 nitrogen and oxygen atoms in total. The SMILES string of the molecule is CC1(C)[C@@H](O)CC[C@]2(C)[C@H]3CC=C4[C@@H]5C[C@@](C)(COC(=O)/C=C/c6ccc(O)c(O)c6)CC[C@]5(C(=O)O)CC[C@@]4(C)[C@]3(C)CC[C@@H]12. The second-order valence-corrected chi connectivity index (χ2v) is 17.4. The molecule has 0 aliphatic heterocycles. The molecule has 7 heteroatoms. The molecule has 0 saturated heterocycles. The van der Waals surface area contributed by atoms with Crippen molar-refractivity contribution in [2.24, 2.45) is 50.2 Å². The summed E-state index contributed by atoms with van der Waals surface area (Å²) in [7, 11) is 0. The molecule has 0 radical (unpaired) electrons. The van der Waals surface area contributed by atoms with E-state index in [0.29, 0.717) is 43.1 Å². The predicted molar refractivity (Wildman–Crippen MR) is 177 cm³/mol. The molecule has 1 aromatic carbocycles. The van der Waals surface area contributed by atoms with Crippen LogP contribution in [0.2, 0.25) is 0 Å². The number of aromatic hydroxyl groups is 2. The molecule has 0 amide bonds. The van der Waals surface area contributed by atoms with Gasteiger partial charge in [-0.1, -0.05) is 59.3 Å². The number of phenolic OH excluding ortho intramolecular Hbond substituents is 2. The molecule has 252 valence electrons. The number of carbonyl (C=O) groups is 2. The normalized spacial score (nSPS) is 43.0. The fraction of sp³-hybridized carbons (Fsp3) is 0.692. The standard InChI is InChI=1S/C39H54O7/c1-34(2)29-13-16-38(6)30(36(29,4)15-14-31(34)42)11-9-25-26-22-35(3,17-19-39(26,33(44)45)20-18-37(25,38)5)23-46-32(43)12-8-24-7-10-27(40)28(41)21-24/h7-10,12,21,26,29-31,40-42H,11,13-20,22-23H2,1-6H3,(H,44,45)/b12-8+/t26-,29-,30+,31-,35-,36-,37+,38+,39-/m0/s1. The molecule has 9 atom stereocenters. The summed E-state index contributed by atoms with van der Waals surface area (Å²) in [4.78, 5) is 25.9. The number of ether oxygens (including phenoxy) is 1. The Balaban J connectivity index is 1.26. The number of aliphatic hydroxyl groups is 1. The monoisotopic (exact) mass is 634 g/mol. The number of esters is 1. The average Bonchev–Trinajstić information content (AvgIpc) is 2.99. The maximum atomic E-state index is 13.2. The fourth-order valence-electron chi connectivity index (χ4n) is 11.8. The van der Waals surface area contributed by atoms with E-state index in [-0.39, 0.29) is 57.2 Å². The first-order chi connectivity index (χ1) is 21.4. The van der Waals surface area contributed by atoms with E-state index >= 15 is 0 Å². The van der Waals surface area contributed by atoms with Crippen LogP contribution in [0.5, 0.6) is 11.5 Å². The maximum Gasteiger partial charge on any atom is 0.330 e. The van der Waals surface area contributed by atoms with Crippen LogP contribution in [0.15, 0.2) is 35.9 Å². The summed E-state index contributed by atoms with van der Waals surface area (Å²) in [6.07, 6.45) is 13.5. The predicted octanol–water partition coefficient (Wildman–Crippen LogP) is 7.88. The molecule has 5 aliphatic rings. The van der Waals surface area contributed by atoms with Gasteiger partial charge in [-0.25, -0.2) is 4.79 Å². The van der Waals surface area contributed by atoms with Gasteiger partial charge in [0.05, 0.1) is 18.1 Å². The second-order valence-electron chi connectivity index (χ2n) is 17.4. The molecule has 46 heavy (non-hydrogen) atoms. The summed E-state index contributed by atoms with van der Waals surface area (Å²) >= 11 is 0. The number of benzene rings is 1. The lowest BCUT2D eigenvalue weighted by atomic mass is 9.33. The van der Waals surface area contributed by atoms with Gasteiger partial charge < -0.3 is 25.2 Å². The van der Waals surface area contributed by atoms with Crippen molar-refractivity contribution in [3.8, 4) is 11.5 Å². The summed E-state index contributed by atoms with van der Waals surface area (Å²) in [6, 6.07) is 4.34. The molecule has 0 heterocycles. The zero-order valence-electron chi connectivity index (χ0n) is 28.6. The topological polar surface area (TPSA) is 124 Å². The lowest BCUT2D eigenvalue weighted by Crippen LogP contribution is -2.65. The third kappa shape index (κ3) is 4.77. The Morgan fingerprint density at radius 1 is 0.913 bits per heavy atom. The van der Waals surface area contributed by atoms with E-state index in [1.165, 1.54) is 23.8 Å². The fourth-order valence-corrected chi connectivity index (χ4v) is 11.8. The summed E-state index contributed by atoms with van der Waals surface area (Å²) in [6.45, 7) is 14.3. The van der Waals surface area contributed by atoms with Crippen molar-refractivity contribution in [1.29, 1.82) is 0 Å². The van der Waals surface area contributed by atoms with Gasteiger partial charge in [-0.2, -0.15) is 0 Å². The summed E-state index contributed by atoms with van der Waals surface area (Å²) < 4.78 is 5.78. The number of phenols is 2. The number of aliphatic carboxylic acids is 1. The Morgan fingerprint density at radius 2 is 1.63 bits per heavy atom. The smallest absolute Gasteiger partial charge is 0.330 e. The highest BCUT2D eigenvalue weighted by molar-refractivity contribution is 5.87. The zero-order chi connectivity index (χ0) is 33.5. The Kier molecular flexibility index (Phi) is 7.82. The number of carbonyl (C=O) groups excluding carboxylic acids is 1. The minimum atomic E-state index is -0.795. The van der Waals surface area contributed by atoms with Gasteiger partial charge in [0.1, 0.15) is 0 Å². The third-order valence-electron chi connectivity index (χ3n) is 14.9. The van der Waals surface area contributed by atoms with Crippen molar-refractivity contribution >= 4 is 18.0 Å². The summed E-state index contributed by atoms with van der Waals surface area (Å²) in [5.41, 5.74) is 0.694. The Hall–Kier alpha value is -2.80. The van der Waals surface area contributed by atoms with E-state index < -0.39 is 17.4 Å². The molecular formula is C39H54O7. The second kappa shape index (κ2) is 10.9. The number of carboxylic acids is 1. The van der Waals surface area contributed by atoms with Crippen LogP contribution in [0.25, 0.3) is 6.08 Å². The molecule has 0 unspecified atom stereocenters. The van der Waals surface area contributed by atoms with E-state index in [4.69, 9.17) is 4.74 Å². The first-order valence-electron chi connectivity index (χ1n) is 17.4. The molecule has 1 aromatic rings. The largest absolute Gasteiger partial charge is 0.504 e. The maximum absolute atomic E-state index is 13.2. The highest BCUT2D eigenvalue weighted by atomic mass is 16.5. The molecular weight excluding hydrogens is 580 g/mol. The van der Waals surface area contributed by atoms with Gasteiger partial charge >= 0.3 is 11.9 Å². The number of hydrogen-bond acceptors (Lipinski definition) is 6. The van der Waals surface area contributed by atoms with Gasteiger partial charge in [-0.15, -0.1) is 0 Å². The van der Waals surface area contributed by atoms with E-state index in [9.17, 15) is 30.0 Å². The first kappa shape index (κ1) is 33.1. The molecule has 0 aromatic heterocycles. The third-order valence-corrected chi connectivity index (χ3v) is 14.9. The lowest BCUT2D eigenvalue weighted by molar-refractivity contribution is -0.206. The van der Waals surface area contributed by atoms with E-state index in [1.54, 1.807) is 12.1 Å². The zero-order valence-corrected chi connectivity index (χ0v) is 28.6. The van der Waals surface area contributed by atoms with Gasteiger partial charge in [-0.3, -0.25) is 4.79 Å². The van der Waals surface area contributed by atoms with Crippen LogP contribution in [0.1, 0.15) is 111 Å². The quantitative estimate of drug-likeness (QED) is 0.112. The van der Waals surface area contributed by atoms with Crippen LogP contribution in [0.3, 0.4) is 0 Å². The Bertz CT molecular complexity index is 1480.